The first-order valence-electron chi connectivity index (χ1n) is 9.21. The predicted octanol–water partition coefficient (Wildman–Crippen LogP) is 4.06. The third kappa shape index (κ3) is 5.30. The van der Waals surface area contributed by atoms with E-state index in [-0.39, 0.29) is 0 Å². The second-order valence-electron chi connectivity index (χ2n) is 6.18. The zero-order valence-electron chi connectivity index (χ0n) is 16.8. The van der Waals surface area contributed by atoms with Crippen LogP contribution in [0.15, 0.2) is 36.7 Å². The van der Waals surface area contributed by atoms with Gasteiger partial charge in [-0.3, -0.25) is 0 Å². The summed E-state index contributed by atoms with van der Waals surface area (Å²) in [6.07, 6.45) is 6.99. The van der Waals surface area contributed by atoms with Gasteiger partial charge in [0.05, 0.1) is 23.8 Å². The van der Waals surface area contributed by atoms with Crippen molar-refractivity contribution in [3.05, 3.63) is 47.2 Å². The highest BCUT2D eigenvalue weighted by atomic mass is 35.5. The van der Waals surface area contributed by atoms with Crippen LogP contribution in [0.1, 0.15) is 5.56 Å². The van der Waals surface area contributed by atoms with Crippen LogP contribution in [0.5, 0.6) is 11.5 Å². The minimum Gasteiger partial charge on any atom is -0.487 e. The number of hydrogen-bond donors (Lipinski definition) is 1. The van der Waals surface area contributed by atoms with Crippen LogP contribution in [0.3, 0.4) is 0 Å². The Labute approximate surface area is 180 Å². The van der Waals surface area contributed by atoms with Crippen molar-refractivity contribution in [3.63, 3.8) is 0 Å². The van der Waals surface area contributed by atoms with Crippen molar-refractivity contribution in [3.8, 4) is 23.8 Å². The fourth-order valence-corrected chi connectivity index (χ4v) is 2.88. The Morgan fingerprint density at radius 2 is 1.67 bits per heavy atom. The number of anilines is 2. The molecule has 156 valence electrons. The van der Waals surface area contributed by atoms with Crippen molar-refractivity contribution in [2.24, 2.45) is 0 Å². The largest absolute Gasteiger partial charge is 0.487 e. The number of methoxy groups -OCH3 is 2. The Morgan fingerprint density at radius 3 is 2.33 bits per heavy atom. The van der Waals surface area contributed by atoms with Crippen molar-refractivity contribution in [2.45, 2.75) is 0 Å². The Kier molecular flexibility index (Phi) is 7.69. The number of hydrogen-bond acceptors (Lipinski definition) is 7. The van der Waals surface area contributed by atoms with Gasteiger partial charge in [0.2, 0.25) is 0 Å². The van der Waals surface area contributed by atoms with Crippen LogP contribution in [-0.2, 0) is 9.47 Å². The van der Waals surface area contributed by atoms with Gasteiger partial charge in [-0.15, -0.1) is 6.42 Å². The molecule has 1 aromatic heterocycles. The van der Waals surface area contributed by atoms with Gasteiger partial charge in [0.1, 0.15) is 25.4 Å². The molecule has 0 radical (unpaired) electrons. The van der Waals surface area contributed by atoms with Gasteiger partial charge in [-0.1, -0.05) is 17.5 Å². The lowest BCUT2D eigenvalue weighted by Crippen LogP contribution is -2.09. The van der Waals surface area contributed by atoms with Crippen LogP contribution >= 0.6 is 11.6 Å². The van der Waals surface area contributed by atoms with Crippen molar-refractivity contribution in [1.82, 2.24) is 9.97 Å². The van der Waals surface area contributed by atoms with Gasteiger partial charge in [-0.25, -0.2) is 9.97 Å². The van der Waals surface area contributed by atoms with Crippen LogP contribution in [-0.4, -0.2) is 50.6 Å². The number of rotatable bonds is 10. The van der Waals surface area contributed by atoms with E-state index in [9.17, 15) is 0 Å². The van der Waals surface area contributed by atoms with Crippen LogP contribution in [0.2, 0.25) is 5.02 Å². The highest BCUT2D eigenvalue weighted by Gasteiger charge is 2.13. The van der Waals surface area contributed by atoms with E-state index >= 15 is 0 Å². The average Bonchev–Trinajstić information content (AvgIpc) is 2.76. The zero-order chi connectivity index (χ0) is 21.3. The third-order valence-corrected chi connectivity index (χ3v) is 4.51. The molecule has 7 nitrogen and oxygen atoms in total. The minimum absolute atomic E-state index is 0.377. The number of nitrogens with zero attached hydrogens (tertiary/aromatic N) is 2. The summed E-state index contributed by atoms with van der Waals surface area (Å²) in [5.74, 6) is 4.30. The van der Waals surface area contributed by atoms with E-state index in [0.29, 0.717) is 59.8 Å². The van der Waals surface area contributed by atoms with Gasteiger partial charge < -0.3 is 24.3 Å². The zero-order valence-corrected chi connectivity index (χ0v) is 17.5. The number of aromatic nitrogens is 2. The molecule has 0 spiro atoms. The second-order valence-corrected chi connectivity index (χ2v) is 6.59. The molecule has 0 aliphatic carbocycles. The second kappa shape index (κ2) is 10.6. The molecule has 8 heteroatoms. The fraction of sp³-hybridized carbons (Fsp3) is 0.273. The molecular formula is C22H22ClN3O4. The number of ether oxygens (including phenoxy) is 4. The third-order valence-electron chi connectivity index (χ3n) is 4.18. The topological polar surface area (TPSA) is 74.7 Å². The fourth-order valence-electron chi connectivity index (χ4n) is 2.71. The summed E-state index contributed by atoms with van der Waals surface area (Å²) in [4.78, 5) is 8.74. The van der Waals surface area contributed by atoms with Crippen LogP contribution in [0.25, 0.3) is 10.9 Å². The molecular weight excluding hydrogens is 406 g/mol. The van der Waals surface area contributed by atoms with E-state index in [2.05, 4.69) is 21.2 Å². The van der Waals surface area contributed by atoms with Crippen molar-refractivity contribution >= 4 is 34.0 Å². The van der Waals surface area contributed by atoms with Gasteiger partial charge >= 0.3 is 0 Å². The average molecular weight is 428 g/mol. The summed E-state index contributed by atoms with van der Waals surface area (Å²) in [5, 5.41) is 4.55. The van der Waals surface area contributed by atoms with Crippen molar-refractivity contribution in [1.29, 1.82) is 0 Å². The molecule has 1 heterocycles. The van der Waals surface area contributed by atoms with Crippen molar-refractivity contribution < 1.29 is 18.9 Å². The van der Waals surface area contributed by atoms with E-state index in [1.54, 1.807) is 26.4 Å². The Bertz CT molecular complexity index is 1050. The molecule has 0 saturated carbocycles. The quantitative estimate of drug-likeness (QED) is 0.386. The number of terminal acetylenes is 1. The molecule has 0 aliphatic rings. The summed E-state index contributed by atoms with van der Waals surface area (Å²) >= 11 is 6.10. The monoisotopic (exact) mass is 427 g/mol. The van der Waals surface area contributed by atoms with E-state index in [1.165, 1.54) is 6.33 Å². The Balaban J connectivity index is 1.97. The van der Waals surface area contributed by atoms with Gasteiger partial charge in [0, 0.05) is 36.9 Å². The minimum atomic E-state index is 0.377. The summed E-state index contributed by atoms with van der Waals surface area (Å²) < 4.78 is 21.8. The summed E-state index contributed by atoms with van der Waals surface area (Å²) in [5.41, 5.74) is 2.05. The molecule has 0 bridgehead atoms. The molecule has 0 unspecified atom stereocenters. The first-order chi connectivity index (χ1) is 14.7. The SMILES string of the molecule is C#Cc1cc(Nc2ncnc3cc(OCCOC)c(OCCOC)cc23)ccc1Cl. The van der Waals surface area contributed by atoms with Crippen LogP contribution < -0.4 is 14.8 Å². The Morgan fingerprint density at radius 1 is 0.967 bits per heavy atom. The smallest absolute Gasteiger partial charge is 0.163 e. The predicted molar refractivity (Wildman–Crippen MR) is 117 cm³/mol. The molecule has 0 aliphatic heterocycles. The van der Waals surface area contributed by atoms with Gasteiger partial charge in [0.25, 0.3) is 0 Å². The first kappa shape index (κ1) is 21.7. The number of fused-ring (bicyclic) bond motifs is 1. The summed E-state index contributed by atoms with van der Waals surface area (Å²) in [6, 6.07) is 9.01. The van der Waals surface area contributed by atoms with Crippen LogP contribution in [0.4, 0.5) is 11.5 Å². The van der Waals surface area contributed by atoms with Crippen molar-refractivity contribution in [2.75, 3.05) is 46.0 Å². The molecule has 3 aromatic rings. The first-order valence-corrected chi connectivity index (χ1v) is 9.59. The summed E-state index contributed by atoms with van der Waals surface area (Å²) in [6.45, 7) is 1.67. The van der Waals surface area contributed by atoms with Gasteiger partial charge in [0.15, 0.2) is 11.5 Å². The maximum atomic E-state index is 6.10. The van der Waals surface area contributed by atoms with Crippen LogP contribution in [0, 0.1) is 12.3 Å². The molecule has 3 rings (SSSR count). The number of halogens is 1. The van der Waals surface area contributed by atoms with E-state index in [4.69, 9.17) is 37.0 Å². The van der Waals surface area contributed by atoms with E-state index < -0.39 is 0 Å². The lowest BCUT2D eigenvalue weighted by Gasteiger charge is -2.15. The van der Waals surface area contributed by atoms with E-state index in [1.807, 2.05) is 18.2 Å². The molecule has 0 fully saturated rings. The standard InChI is InChI=1S/C22H22ClN3O4/c1-4-15-11-16(5-6-18(15)23)26-22-17-12-20(29-9-7-27-2)21(30-10-8-28-3)13-19(17)24-14-25-22/h1,5-6,11-14H,7-10H2,2-3H3,(H,24,25,26). The van der Waals surface area contributed by atoms with Gasteiger partial charge in [-0.2, -0.15) is 0 Å². The lowest BCUT2D eigenvalue weighted by molar-refractivity contribution is 0.132. The highest BCUT2D eigenvalue weighted by molar-refractivity contribution is 6.31. The molecule has 0 saturated heterocycles. The normalized spacial score (nSPS) is 10.6. The maximum Gasteiger partial charge on any atom is 0.163 e. The highest BCUT2D eigenvalue weighted by Crippen LogP contribution is 2.35. The molecule has 30 heavy (non-hydrogen) atoms. The molecule has 0 amide bonds. The molecule has 0 atom stereocenters. The number of nitrogens with one attached hydrogen (secondary N) is 1. The lowest BCUT2D eigenvalue weighted by atomic mass is 10.2. The van der Waals surface area contributed by atoms with Gasteiger partial charge in [-0.05, 0) is 24.3 Å². The summed E-state index contributed by atoms with van der Waals surface area (Å²) in [7, 11) is 3.24. The number of benzene rings is 2. The Hall–Kier alpha value is -3.05. The maximum absolute atomic E-state index is 6.10. The molecule has 2 aromatic carbocycles. The van der Waals surface area contributed by atoms with E-state index in [0.717, 1.165) is 11.1 Å². The molecule has 1 N–H and O–H groups in total.